The average molecular weight is 414 g/mol. The molecule has 1 aliphatic rings. The molecule has 0 amide bonds. The first-order chi connectivity index (χ1) is 14.6. The molecule has 0 bridgehead atoms. The van der Waals surface area contributed by atoms with E-state index in [-0.39, 0.29) is 11.5 Å². The van der Waals surface area contributed by atoms with Crippen molar-refractivity contribution in [1.82, 2.24) is 34.9 Å². The van der Waals surface area contributed by atoms with Gasteiger partial charge in [0.1, 0.15) is 23.8 Å². The van der Waals surface area contributed by atoms with Gasteiger partial charge in [-0.3, -0.25) is 9.50 Å². The average Bonchev–Trinajstić information content (AvgIpc) is 3.41. The van der Waals surface area contributed by atoms with Gasteiger partial charge in [-0.1, -0.05) is 0 Å². The van der Waals surface area contributed by atoms with Crippen molar-refractivity contribution in [3.05, 3.63) is 48.6 Å². The molecule has 1 saturated heterocycles. The highest BCUT2D eigenvalue weighted by atomic mass is 19.1. The lowest BCUT2D eigenvalue weighted by Gasteiger charge is -2.28. The van der Waals surface area contributed by atoms with Crippen LogP contribution in [0.3, 0.4) is 0 Å². The third-order valence-corrected chi connectivity index (χ3v) is 5.09. The number of nitrogens with one attached hydrogen (secondary N) is 3. The standard InChI is InChI=1S/C19H17F3N8/c20-11-1-3-23-7-14(11)27-19-13(22)6-12(21)17(28-19)15-8-24-16-5-10(2-4-30(15)16)18-25-9-26-29-18/h2,4-6,8-9,11,14,23H,1,3,7H2,(H,27,28)(H,25,26,29)/t11-,14-/m0/s1. The summed E-state index contributed by atoms with van der Waals surface area (Å²) in [5.41, 5.74) is 1.54. The Morgan fingerprint density at radius 3 is 2.87 bits per heavy atom. The van der Waals surface area contributed by atoms with Gasteiger partial charge in [0.05, 0.1) is 17.9 Å². The fourth-order valence-corrected chi connectivity index (χ4v) is 3.54. The van der Waals surface area contributed by atoms with E-state index in [0.29, 0.717) is 36.7 Å². The van der Waals surface area contributed by atoms with Crippen LogP contribution in [0.2, 0.25) is 0 Å². The summed E-state index contributed by atoms with van der Waals surface area (Å²) >= 11 is 0. The van der Waals surface area contributed by atoms with Crippen LogP contribution in [0.1, 0.15) is 6.42 Å². The van der Waals surface area contributed by atoms with Gasteiger partial charge in [0, 0.05) is 24.4 Å². The lowest BCUT2D eigenvalue weighted by Crippen LogP contribution is -2.46. The second-order valence-electron chi connectivity index (χ2n) is 7.03. The zero-order chi connectivity index (χ0) is 20.7. The number of hydrogen-bond acceptors (Lipinski definition) is 6. The number of piperidine rings is 1. The van der Waals surface area contributed by atoms with E-state index < -0.39 is 23.8 Å². The van der Waals surface area contributed by atoms with Crippen molar-refractivity contribution < 1.29 is 13.2 Å². The van der Waals surface area contributed by atoms with Crippen LogP contribution in [-0.2, 0) is 0 Å². The summed E-state index contributed by atoms with van der Waals surface area (Å²) in [7, 11) is 0. The van der Waals surface area contributed by atoms with Gasteiger partial charge in [-0.05, 0) is 25.1 Å². The number of anilines is 1. The molecule has 0 radical (unpaired) electrons. The van der Waals surface area contributed by atoms with Crippen LogP contribution in [0.15, 0.2) is 36.9 Å². The van der Waals surface area contributed by atoms with E-state index in [9.17, 15) is 13.2 Å². The molecular formula is C19H17F3N8. The molecule has 0 spiro atoms. The first-order valence-electron chi connectivity index (χ1n) is 9.41. The molecule has 5 rings (SSSR count). The highest BCUT2D eigenvalue weighted by Crippen LogP contribution is 2.28. The quantitative estimate of drug-likeness (QED) is 0.475. The Balaban J connectivity index is 1.52. The Kier molecular flexibility index (Phi) is 4.58. The molecule has 1 fully saturated rings. The van der Waals surface area contributed by atoms with Crippen LogP contribution in [0.25, 0.3) is 28.4 Å². The fourth-order valence-electron chi connectivity index (χ4n) is 3.54. The van der Waals surface area contributed by atoms with Gasteiger partial charge in [-0.15, -0.1) is 0 Å². The van der Waals surface area contributed by atoms with E-state index in [1.165, 1.54) is 12.5 Å². The summed E-state index contributed by atoms with van der Waals surface area (Å²) in [6.07, 6.45) is 3.70. The van der Waals surface area contributed by atoms with Crippen molar-refractivity contribution >= 4 is 11.5 Å². The van der Waals surface area contributed by atoms with Crippen LogP contribution >= 0.6 is 0 Å². The largest absolute Gasteiger partial charge is 0.361 e. The molecule has 0 unspecified atom stereocenters. The van der Waals surface area contributed by atoms with Crippen molar-refractivity contribution in [1.29, 1.82) is 0 Å². The molecule has 3 N–H and O–H groups in total. The molecule has 2 atom stereocenters. The number of halogens is 3. The minimum Gasteiger partial charge on any atom is -0.361 e. The van der Waals surface area contributed by atoms with Gasteiger partial charge < -0.3 is 10.6 Å². The van der Waals surface area contributed by atoms with E-state index in [2.05, 4.69) is 35.8 Å². The lowest BCUT2D eigenvalue weighted by molar-refractivity contribution is 0.240. The first kappa shape index (κ1) is 18.6. The van der Waals surface area contributed by atoms with Crippen LogP contribution in [0, 0.1) is 11.6 Å². The first-order valence-corrected chi connectivity index (χ1v) is 9.41. The van der Waals surface area contributed by atoms with Crippen molar-refractivity contribution in [2.45, 2.75) is 18.6 Å². The SMILES string of the molecule is Fc1cc(F)c(-c2cnc3cc(-c4ncn[nH]4)ccn23)nc1N[C@H]1CNCC[C@@H]1F. The van der Waals surface area contributed by atoms with Crippen LogP contribution in [0.5, 0.6) is 0 Å². The second kappa shape index (κ2) is 7.41. The lowest BCUT2D eigenvalue weighted by atomic mass is 10.1. The van der Waals surface area contributed by atoms with Gasteiger partial charge in [0.2, 0.25) is 0 Å². The summed E-state index contributed by atoms with van der Waals surface area (Å²) in [5.74, 6) is -1.34. The summed E-state index contributed by atoms with van der Waals surface area (Å²) in [5, 5.41) is 12.4. The highest BCUT2D eigenvalue weighted by Gasteiger charge is 2.26. The normalized spacial score (nSPS) is 19.3. The van der Waals surface area contributed by atoms with Gasteiger partial charge >= 0.3 is 0 Å². The number of aromatic nitrogens is 6. The zero-order valence-electron chi connectivity index (χ0n) is 15.6. The topological polar surface area (TPSA) is 95.8 Å². The number of pyridine rings is 2. The maximum absolute atomic E-state index is 14.6. The van der Waals surface area contributed by atoms with E-state index in [1.807, 2.05) is 0 Å². The molecule has 8 nitrogen and oxygen atoms in total. The maximum Gasteiger partial charge on any atom is 0.168 e. The van der Waals surface area contributed by atoms with Crippen molar-refractivity contribution in [2.75, 3.05) is 18.4 Å². The van der Waals surface area contributed by atoms with Crippen LogP contribution < -0.4 is 10.6 Å². The number of imidazole rings is 1. The molecule has 5 heterocycles. The third kappa shape index (κ3) is 3.26. The van der Waals surface area contributed by atoms with Crippen molar-refractivity contribution in [3.63, 3.8) is 0 Å². The van der Waals surface area contributed by atoms with Gasteiger partial charge in [0.25, 0.3) is 0 Å². The molecule has 4 aromatic heterocycles. The Bertz CT molecular complexity index is 1190. The van der Waals surface area contributed by atoms with Crippen molar-refractivity contribution in [2.24, 2.45) is 0 Å². The molecule has 154 valence electrons. The van der Waals surface area contributed by atoms with E-state index in [4.69, 9.17) is 0 Å². The molecule has 0 aromatic carbocycles. The zero-order valence-corrected chi connectivity index (χ0v) is 15.6. The Labute approximate surface area is 168 Å². The number of rotatable bonds is 4. The van der Waals surface area contributed by atoms with Crippen LogP contribution in [0.4, 0.5) is 19.0 Å². The highest BCUT2D eigenvalue weighted by molar-refractivity contribution is 5.67. The number of alkyl halides is 1. The number of aromatic amines is 1. The monoisotopic (exact) mass is 414 g/mol. The van der Waals surface area contributed by atoms with Gasteiger partial charge in [0.15, 0.2) is 23.3 Å². The second-order valence-corrected chi connectivity index (χ2v) is 7.03. The summed E-state index contributed by atoms with van der Waals surface area (Å²) in [4.78, 5) is 12.5. The number of fused-ring (bicyclic) bond motifs is 1. The summed E-state index contributed by atoms with van der Waals surface area (Å²) in [6, 6.07) is 3.62. The number of H-pyrrole nitrogens is 1. The Hall–Kier alpha value is -3.47. The van der Waals surface area contributed by atoms with Gasteiger partial charge in [-0.25, -0.2) is 28.1 Å². The predicted octanol–water partition coefficient (Wildman–Crippen LogP) is 2.57. The van der Waals surface area contributed by atoms with Crippen LogP contribution in [-0.4, -0.2) is 54.9 Å². The predicted molar refractivity (Wildman–Crippen MR) is 104 cm³/mol. The number of hydrogen-bond donors (Lipinski definition) is 3. The minimum atomic E-state index is -1.15. The third-order valence-electron chi connectivity index (χ3n) is 5.09. The minimum absolute atomic E-state index is 0.0852. The van der Waals surface area contributed by atoms with Crippen molar-refractivity contribution in [3.8, 4) is 22.8 Å². The molecular weight excluding hydrogens is 397 g/mol. The molecule has 11 heteroatoms. The Morgan fingerprint density at radius 2 is 2.07 bits per heavy atom. The summed E-state index contributed by atoms with van der Waals surface area (Å²) in [6.45, 7) is 0.886. The number of nitrogens with zero attached hydrogens (tertiary/aromatic N) is 5. The maximum atomic E-state index is 14.6. The molecule has 4 aromatic rings. The molecule has 0 saturated carbocycles. The van der Waals surface area contributed by atoms with Gasteiger partial charge in [-0.2, -0.15) is 5.10 Å². The summed E-state index contributed by atoms with van der Waals surface area (Å²) < 4.78 is 44.7. The van der Waals surface area contributed by atoms with E-state index in [0.717, 1.165) is 11.6 Å². The molecule has 0 aliphatic carbocycles. The van der Waals surface area contributed by atoms with E-state index in [1.54, 1.807) is 22.7 Å². The molecule has 30 heavy (non-hydrogen) atoms. The Morgan fingerprint density at radius 1 is 1.17 bits per heavy atom. The molecule has 1 aliphatic heterocycles. The van der Waals surface area contributed by atoms with E-state index >= 15 is 0 Å². The smallest absolute Gasteiger partial charge is 0.168 e. The fraction of sp³-hybridized carbons (Fsp3) is 0.263.